The Kier molecular flexibility index (Phi) is 16.9. The molecule has 0 atom stereocenters. The number of carbonyl (C=O) groups is 5. The molecule has 6 heterocycles. The van der Waals surface area contributed by atoms with Gasteiger partial charge < -0.3 is 29.7 Å². The highest BCUT2D eigenvalue weighted by molar-refractivity contribution is 6.04. The summed E-state index contributed by atoms with van der Waals surface area (Å²) in [6, 6.07) is 23.9. The summed E-state index contributed by atoms with van der Waals surface area (Å²) in [5, 5.41) is 20.4. The van der Waals surface area contributed by atoms with Crippen LogP contribution >= 0.6 is 0 Å². The van der Waals surface area contributed by atoms with Crippen LogP contribution in [0.4, 0.5) is 14.9 Å². The summed E-state index contributed by atoms with van der Waals surface area (Å²) in [4.78, 5) is 105. The van der Waals surface area contributed by atoms with Gasteiger partial charge in [0.15, 0.2) is 5.69 Å². The molecule has 5 amide bonds. The summed E-state index contributed by atoms with van der Waals surface area (Å²) in [6.07, 6.45) is 5.53. The molecule has 20 nitrogen and oxygen atoms in total. The number of nitriles is 1. The zero-order valence-electron chi connectivity index (χ0n) is 44.0. The van der Waals surface area contributed by atoms with Crippen molar-refractivity contribution in [2.24, 2.45) is 5.92 Å². The number of ether oxygens (including phenoxy) is 1. The largest absolute Gasteiger partial charge is 0.444 e. The molecule has 78 heavy (non-hydrogen) atoms. The van der Waals surface area contributed by atoms with E-state index in [2.05, 4.69) is 46.3 Å². The van der Waals surface area contributed by atoms with Gasteiger partial charge in [-0.3, -0.25) is 33.8 Å². The zero-order valence-corrected chi connectivity index (χ0v) is 44.0. The molecule has 6 aromatic rings. The van der Waals surface area contributed by atoms with Crippen LogP contribution in [0.15, 0.2) is 102 Å². The SMILES string of the molecule is CC(C)(C)OC(=O)N(CC(=O)Nc1cc(-c2cccc(C#N)c2)cnc1C(=O)N1CCC(CN2CCN(CC(=O)N3CCN(C(=O)c4cc(Cc5n[nH]c(=O)c6ccccc56)ccc4F)CC3)CC2)CC1)Cc1ccncn1. The maximum absolute atomic E-state index is 15.1. The van der Waals surface area contributed by atoms with Crippen molar-refractivity contribution in [2.75, 3.05) is 90.4 Å². The summed E-state index contributed by atoms with van der Waals surface area (Å²) in [6.45, 7) is 11.1. The van der Waals surface area contributed by atoms with E-state index in [1.807, 2.05) is 18.2 Å². The fraction of sp³-hybridized carbons (Fsp3) is 0.386. The number of piperidine rings is 1. The quantitative estimate of drug-likeness (QED) is 0.143. The van der Waals surface area contributed by atoms with Crippen molar-refractivity contribution >= 4 is 46.2 Å². The van der Waals surface area contributed by atoms with Gasteiger partial charge in [-0.15, -0.1) is 0 Å². The van der Waals surface area contributed by atoms with E-state index in [9.17, 15) is 34.0 Å². The Balaban J connectivity index is 0.749. The minimum absolute atomic E-state index is 0.0113. The standard InChI is InChI=1S/C57H62FN13O7/c1-57(2,3)78-56(77)71(34-43-13-16-60-37-62-43)35-50(72)63-49-30-42(41-8-6-7-40(27-41)31-59)32-61-52(49)55(76)69-17-14-38(15-18-69)33-66-19-21-67(22-20-66)36-51(73)68-23-25-70(26-24-68)54(75)46-28-39(11-12-47(46)58)29-48-44-9-4-5-10-45(44)53(74)65-64-48/h4-13,16,27-28,30,32,37-38H,14-15,17-26,29,33-36H2,1-3H3,(H,63,72)(H,65,74). The molecule has 0 unspecified atom stereocenters. The highest BCUT2D eigenvalue weighted by Crippen LogP contribution is 2.29. The number of amides is 5. The Hall–Kier alpha value is -8.48. The van der Waals surface area contributed by atoms with Gasteiger partial charge in [-0.05, 0) is 93.1 Å². The molecule has 9 rings (SSSR count). The highest BCUT2D eigenvalue weighted by atomic mass is 19.1. The second-order valence-electron chi connectivity index (χ2n) is 20.9. The zero-order chi connectivity index (χ0) is 54.9. The first-order valence-electron chi connectivity index (χ1n) is 26.2. The van der Waals surface area contributed by atoms with E-state index < -0.39 is 35.9 Å². The van der Waals surface area contributed by atoms with Crippen LogP contribution in [0.25, 0.3) is 21.9 Å². The molecule has 21 heteroatoms. The number of fused-ring (bicyclic) bond motifs is 1. The van der Waals surface area contributed by atoms with E-state index in [0.29, 0.717) is 89.6 Å². The van der Waals surface area contributed by atoms with Crippen LogP contribution < -0.4 is 10.9 Å². The number of aromatic amines is 1. The van der Waals surface area contributed by atoms with Gasteiger partial charge in [0, 0.05) is 102 Å². The number of hydrogen-bond donors (Lipinski definition) is 2. The third-order valence-corrected chi connectivity index (χ3v) is 14.2. The van der Waals surface area contributed by atoms with E-state index in [4.69, 9.17) is 4.74 Å². The Labute approximate surface area is 450 Å². The molecule has 3 aliphatic rings. The first kappa shape index (κ1) is 54.3. The Morgan fingerprint density at radius 2 is 1.53 bits per heavy atom. The van der Waals surface area contributed by atoms with Gasteiger partial charge in [0.1, 0.15) is 24.3 Å². The molecule has 0 bridgehead atoms. The van der Waals surface area contributed by atoms with Gasteiger partial charge in [0.25, 0.3) is 17.4 Å². The van der Waals surface area contributed by atoms with Crippen molar-refractivity contribution in [2.45, 2.75) is 52.2 Å². The summed E-state index contributed by atoms with van der Waals surface area (Å²) in [5.74, 6) is -1.68. The number of pyridine rings is 1. The van der Waals surface area contributed by atoms with Crippen molar-refractivity contribution in [3.05, 3.63) is 148 Å². The summed E-state index contributed by atoms with van der Waals surface area (Å²) in [7, 11) is 0. The fourth-order valence-corrected chi connectivity index (χ4v) is 10.1. The molecule has 404 valence electrons. The Morgan fingerprint density at radius 3 is 2.24 bits per heavy atom. The van der Waals surface area contributed by atoms with Crippen LogP contribution in [-0.2, 0) is 27.3 Å². The topological polar surface area (TPSA) is 234 Å². The van der Waals surface area contributed by atoms with Gasteiger partial charge in [-0.2, -0.15) is 10.4 Å². The number of hydrogen-bond acceptors (Lipinski definition) is 14. The monoisotopic (exact) mass is 1060 g/mol. The van der Waals surface area contributed by atoms with Gasteiger partial charge in [-0.25, -0.2) is 29.2 Å². The van der Waals surface area contributed by atoms with Gasteiger partial charge in [0.2, 0.25) is 11.8 Å². The molecular weight excluding hydrogens is 998 g/mol. The predicted molar refractivity (Wildman–Crippen MR) is 287 cm³/mol. The molecular formula is C57H62FN13O7. The lowest BCUT2D eigenvalue weighted by Gasteiger charge is -2.40. The minimum Gasteiger partial charge on any atom is -0.444 e. The first-order valence-corrected chi connectivity index (χ1v) is 26.2. The average molecular weight is 1060 g/mol. The van der Waals surface area contributed by atoms with E-state index in [1.54, 1.807) is 90.2 Å². The lowest BCUT2D eigenvalue weighted by Crippen LogP contribution is -2.55. The van der Waals surface area contributed by atoms with Crippen LogP contribution in [0.3, 0.4) is 0 Å². The number of nitrogens with one attached hydrogen (secondary N) is 2. The normalized spacial score (nSPS) is 15.7. The fourth-order valence-electron chi connectivity index (χ4n) is 10.1. The van der Waals surface area contributed by atoms with Crippen molar-refractivity contribution in [3.63, 3.8) is 0 Å². The molecule has 2 N–H and O–H groups in total. The number of benzene rings is 3. The molecule has 3 fully saturated rings. The van der Waals surface area contributed by atoms with Crippen molar-refractivity contribution in [1.29, 1.82) is 5.26 Å². The minimum atomic E-state index is -0.835. The third-order valence-electron chi connectivity index (χ3n) is 14.2. The molecule has 3 aliphatic heterocycles. The lowest BCUT2D eigenvalue weighted by atomic mass is 9.95. The number of rotatable bonds is 14. The molecule has 0 aliphatic carbocycles. The number of anilines is 1. The number of carbonyl (C=O) groups excluding carboxylic acids is 5. The predicted octanol–water partition coefficient (Wildman–Crippen LogP) is 5.21. The molecule has 3 saturated heterocycles. The van der Waals surface area contributed by atoms with Gasteiger partial charge in [-0.1, -0.05) is 36.4 Å². The number of likely N-dealkylation sites (tertiary alicyclic amines) is 1. The summed E-state index contributed by atoms with van der Waals surface area (Å²) in [5.41, 5.74) is 2.48. The summed E-state index contributed by atoms with van der Waals surface area (Å²) < 4.78 is 20.8. The maximum Gasteiger partial charge on any atom is 0.411 e. The maximum atomic E-state index is 15.1. The number of H-pyrrole nitrogens is 1. The lowest BCUT2D eigenvalue weighted by molar-refractivity contribution is -0.134. The molecule has 0 radical (unpaired) electrons. The van der Waals surface area contributed by atoms with Crippen LogP contribution in [0.5, 0.6) is 0 Å². The second-order valence-corrected chi connectivity index (χ2v) is 20.9. The third kappa shape index (κ3) is 13.5. The smallest absolute Gasteiger partial charge is 0.411 e. The highest BCUT2D eigenvalue weighted by Gasteiger charge is 2.32. The van der Waals surface area contributed by atoms with Crippen LogP contribution in [0.1, 0.15) is 77.0 Å². The Morgan fingerprint density at radius 1 is 0.808 bits per heavy atom. The van der Waals surface area contributed by atoms with Gasteiger partial charge >= 0.3 is 6.09 Å². The van der Waals surface area contributed by atoms with Gasteiger partial charge in [0.05, 0.1) is 52.7 Å². The van der Waals surface area contributed by atoms with E-state index in [0.717, 1.165) is 32.5 Å². The van der Waals surface area contributed by atoms with E-state index >= 15 is 4.39 Å². The van der Waals surface area contributed by atoms with Crippen molar-refractivity contribution in [3.8, 4) is 17.2 Å². The van der Waals surface area contributed by atoms with E-state index in [1.165, 1.54) is 29.6 Å². The number of halogens is 1. The summed E-state index contributed by atoms with van der Waals surface area (Å²) >= 11 is 0. The second kappa shape index (κ2) is 24.2. The number of piperazine rings is 2. The van der Waals surface area contributed by atoms with Crippen molar-refractivity contribution < 1.29 is 33.1 Å². The number of aromatic nitrogens is 5. The molecule has 0 saturated carbocycles. The average Bonchev–Trinajstić information content (AvgIpc) is 3.55. The van der Waals surface area contributed by atoms with E-state index in [-0.39, 0.29) is 66.9 Å². The van der Waals surface area contributed by atoms with Crippen LogP contribution in [0.2, 0.25) is 0 Å². The first-order chi connectivity index (χ1) is 37.6. The van der Waals surface area contributed by atoms with Crippen LogP contribution in [0, 0.1) is 23.1 Å². The number of nitrogens with zero attached hydrogens (tertiary/aromatic N) is 11. The molecule has 0 spiro atoms. The molecule has 3 aromatic carbocycles. The van der Waals surface area contributed by atoms with Crippen LogP contribution in [-0.4, -0.2) is 175 Å². The molecule has 3 aromatic heterocycles. The Bertz CT molecular complexity index is 3280. The van der Waals surface area contributed by atoms with Crippen molar-refractivity contribution in [1.82, 2.24) is 54.5 Å².